The maximum absolute atomic E-state index is 12.4. The van der Waals surface area contributed by atoms with Crippen molar-refractivity contribution in [2.75, 3.05) is 31.9 Å². The number of anilines is 1. The van der Waals surface area contributed by atoms with Crippen molar-refractivity contribution in [2.24, 2.45) is 0 Å². The molecule has 23 heavy (non-hydrogen) atoms. The lowest BCUT2D eigenvalue weighted by atomic mass is 10.2. The highest BCUT2D eigenvalue weighted by Gasteiger charge is 2.28. The molecule has 0 spiro atoms. The Labute approximate surface area is 136 Å². The van der Waals surface area contributed by atoms with E-state index in [0.717, 1.165) is 0 Å². The Hall–Kier alpha value is -2.61. The zero-order valence-electron chi connectivity index (χ0n) is 12.1. The minimum Gasteiger partial charge on any atom is -0.379 e. The summed E-state index contributed by atoms with van der Waals surface area (Å²) >= 11 is 5.91. The standard InChI is InChI=1S/C14H14ClN5O3/c15-10-3-1-2-9(8-10)13(21)19-4-6-20(7-5-19)14(22)11-12(16)18-23-17-11/h1-3,8H,4-7H2,(H2,16,18). The number of nitrogens with two attached hydrogens (primary N) is 1. The minimum atomic E-state index is -0.349. The Morgan fingerprint density at radius 2 is 1.74 bits per heavy atom. The van der Waals surface area contributed by atoms with Gasteiger partial charge in [0.05, 0.1) is 0 Å². The van der Waals surface area contributed by atoms with E-state index in [1.165, 1.54) is 0 Å². The van der Waals surface area contributed by atoms with Crippen molar-refractivity contribution in [1.82, 2.24) is 20.1 Å². The summed E-state index contributed by atoms with van der Waals surface area (Å²) in [4.78, 5) is 27.9. The van der Waals surface area contributed by atoms with Gasteiger partial charge in [0.15, 0.2) is 0 Å². The number of hydrogen-bond donors (Lipinski definition) is 1. The first kappa shape index (κ1) is 15.3. The van der Waals surface area contributed by atoms with Crippen LogP contribution in [0.3, 0.4) is 0 Å². The zero-order valence-corrected chi connectivity index (χ0v) is 12.9. The third-order valence-corrected chi connectivity index (χ3v) is 3.88. The van der Waals surface area contributed by atoms with E-state index in [0.29, 0.717) is 36.8 Å². The van der Waals surface area contributed by atoms with Crippen molar-refractivity contribution in [2.45, 2.75) is 0 Å². The van der Waals surface area contributed by atoms with Crippen LogP contribution in [0.25, 0.3) is 0 Å². The SMILES string of the molecule is Nc1nonc1C(=O)N1CCN(C(=O)c2cccc(Cl)c2)CC1. The molecule has 0 unspecified atom stereocenters. The highest BCUT2D eigenvalue weighted by molar-refractivity contribution is 6.30. The van der Waals surface area contributed by atoms with Crippen LogP contribution in [0.2, 0.25) is 5.02 Å². The van der Waals surface area contributed by atoms with Gasteiger partial charge in [-0.2, -0.15) is 0 Å². The molecule has 2 heterocycles. The molecule has 2 amide bonds. The summed E-state index contributed by atoms with van der Waals surface area (Å²) in [6.45, 7) is 1.61. The summed E-state index contributed by atoms with van der Waals surface area (Å²) in [5.74, 6) is -0.492. The molecule has 9 heteroatoms. The monoisotopic (exact) mass is 335 g/mol. The van der Waals surface area contributed by atoms with E-state index in [1.54, 1.807) is 34.1 Å². The molecule has 2 N–H and O–H groups in total. The topological polar surface area (TPSA) is 106 Å². The van der Waals surface area contributed by atoms with Crippen LogP contribution in [0.4, 0.5) is 5.82 Å². The lowest BCUT2D eigenvalue weighted by Gasteiger charge is -2.34. The van der Waals surface area contributed by atoms with E-state index < -0.39 is 0 Å². The van der Waals surface area contributed by atoms with E-state index in [1.807, 2.05) is 0 Å². The van der Waals surface area contributed by atoms with E-state index in [9.17, 15) is 9.59 Å². The van der Waals surface area contributed by atoms with E-state index >= 15 is 0 Å². The van der Waals surface area contributed by atoms with Crippen LogP contribution in [0, 0.1) is 0 Å². The van der Waals surface area contributed by atoms with Crippen LogP contribution >= 0.6 is 11.6 Å². The summed E-state index contributed by atoms with van der Waals surface area (Å²) in [5, 5.41) is 7.41. The summed E-state index contributed by atoms with van der Waals surface area (Å²) < 4.78 is 4.44. The van der Waals surface area contributed by atoms with Gasteiger partial charge >= 0.3 is 0 Å². The predicted molar refractivity (Wildman–Crippen MR) is 82.0 cm³/mol. The lowest BCUT2D eigenvalue weighted by Crippen LogP contribution is -2.50. The van der Waals surface area contributed by atoms with E-state index in [4.69, 9.17) is 17.3 Å². The number of aromatic nitrogens is 2. The number of nitrogen functional groups attached to an aromatic ring is 1. The average Bonchev–Trinajstić information content (AvgIpc) is 3.00. The number of nitrogens with zero attached hydrogens (tertiary/aromatic N) is 4. The molecule has 8 nitrogen and oxygen atoms in total. The van der Waals surface area contributed by atoms with Gasteiger partial charge in [-0.15, -0.1) is 0 Å². The number of benzene rings is 1. The Bertz CT molecular complexity index is 740. The van der Waals surface area contributed by atoms with Gasteiger partial charge in [0.25, 0.3) is 11.8 Å². The van der Waals surface area contributed by atoms with Gasteiger partial charge in [-0.1, -0.05) is 17.7 Å². The number of carbonyl (C=O) groups is 2. The second-order valence-corrected chi connectivity index (χ2v) is 5.53. The molecule has 1 aromatic carbocycles. The number of piperazine rings is 1. The smallest absolute Gasteiger partial charge is 0.280 e. The number of rotatable bonds is 2. The fraction of sp³-hybridized carbons (Fsp3) is 0.286. The summed E-state index contributed by atoms with van der Waals surface area (Å²) in [6.07, 6.45) is 0. The molecule has 1 fully saturated rings. The molecule has 2 aromatic rings. The van der Waals surface area contributed by atoms with E-state index in [-0.39, 0.29) is 23.3 Å². The molecule has 0 bridgehead atoms. The van der Waals surface area contributed by atoms with Crippen LogP contribution in [-0.2, 0) is 0 Å². The molecule has 0 atom stereocenters. The Morgan fingerprint density at radius 3 is 2.30 bits per heavy atom. The molecular formula is C14H14ClN5O3. The third-order valence-electron chi connectivity index (χ3n) is 3.64. The fourth-order valence-corrected chi connectivity index (χ4v) is 2.60. The molecule has 1 aliphatic rings. The average molecular weight is 336 g/mol. The Balaban J connectivity index is 1.63. The van der Waals surface area contributed by atoms with Crippen LogP contribution < -0.4 is 5.73 Å². The number of hydrogen-bond acceptors (Lipinski definition) is 6. The lowest BCUT2D eigenvalue weighted by molar-refractivity contribution is 0.0530. The molecular weight excluding hydrogens is 322 g/mol. The summed E-state index contributed by atoms with van der Waals surface area (Å²) in [7, 11) is 0. The van der Waals surface area contributed by atoms with Gasteiger partial charge in [-0.3, -0.25) is 9.59 Å². The highest BCUT2D eigenvalue weighted by Crippen LogP contribution is 2.15. The third kappa shape index (κ3) is 3.11. The van der Waals surface area contributed by atoms with Crippen molar-refractivity contribution in [3.05, 3.63) is 40.5 Å². The van der Waals surface area contributed by atoms with Gasteiger partial charge < -0.3 is 15.5 Å². The number of amides is 2. The first-order valence-electron chi connectivity index (χ1n) is 6.98. The van der Waals surface area contributed by atoms with Crippen LogP contribution in [0.15, 0.2) is 28.9 Å². The largest absolute Gasteiger partial charge is 0.379 e. The highest BCUT2D eigenvalue weighted by atomic mass is 35.5. The number of carbonyl (C=O) groups excluding carboxylic acids is 2. The fourth-order valence-electron chi connectivity index (χ4n) is 2.41. The van der Waals surface area contributed by atoms with Crippen LogP contribution in [-0.4, -0.2) is 58.1 Å². The van der Waals surface area contributed by atoms with Crippen molar-refractivity contribution in [1.29, 1.82) is 0 Å². The van der Waals surface area contributed by atoms with Crippen molar-refractivity contribution in [3.8, 4) is 0 Å². The maximum Gasteiger partial charge on any atom is 0.280 e. The first-order chi connectivity index (χ1) is 11.1. The first-order valence-corrected chi connectivity index (χ1v) is 7.36. The van der Waals surface area contributed by atoms with Crippen LogP contribution in [0.5, 0.6) is 0 Å². The Kier molecular flexibility index (Phi) is 4.16. The van der Waals surface area contributed by atoms with Gasteiger partial charge in [-0.05, 0) is 28.5 Å². The van der Waals surface area contributed by atoms with Gasteiger partial charge in [0.1, 0.15) is 0 Å². The molecule has 1 aliphatic heterocycles. The second-order valence-electron chi connectivity index (χ2n) is 5.09. The normalized spacial score (nSPS) is 14.8. The van der Waals surface area contributed by atoms with E-state index in [2.05, 4.69) is 14.9 Å². The minimum absolute atomic E-state index is 0.000354. The van der Waals surface area contributed by atoms with Gasteiger partial charge in [0.2, 0.25) is 11.5 Å². The molecule has 0 aliphatic carbocycles. The molecule has 3 rings (SSSR count). The maximum atomic E-state index is 12.4. The molecule has 1 saturated heterocycles. The molecule has 0 saturated carbocycles. The number of halogens is 1. The van der Waals surface area contributed by atoms with Crippen molar-refractivity contribution < 1.29 is 14.2 Å². The summed E-state index contributed by atoms with van der Waals surface area (Å²) in [6, 6.07) is 6.79. The predicted octanol–water partition coefficient (Wildman–Crippen LogP) is 0.903. The van der Waals surface area contributed by atoms with Crippen LogP contribution in [0.1, 0.15) is 20.8 Å². The second kappa shape index (κ2) is 6.25. The quantitative estimate of drug-likeness (QED) is 0.874. The molecule has 0 radical (unpaired) electrons. The van der Waals surface area contributed by atoms with Gasteiger partial charge in [0, 0.05) is 36.8 Å². The molecule has 1 aromatic heterocycles. The van der Waals surface area contributed by atoms with Crippen molar-refractivity contribution in [3.63, 3.8) is 0 Å². The van der Waals surface area contributed by atoms with Gasteiger partial charge in [-0.25, -0.2) is 4.63 Å². The Morgan fingerprint density at radius 1 is 1.09 bits per heavy atom. The zero-order chi connectivity index (χ0) is 16.4. The summed E-state index contributed by atoms with van der Waals surface area (Å²) in [5.41, 5.74) is 6.05. The molecule has 120 valence electrons. The van der Waals surface area contributed by atoms with Crippen molar-refractivity contribution >= 4 is 29.2 Å².